The predicted molar refractivity (Wildman–Crippen MR) is 83.4 cm³/mol. The molecule has 0 spiro atoms. The fourth-order valence-corrected chi connectivity index (χ4v) is 4.26. The molecule has 1 aromatic rings. The number of amides is 1. The van der Waals surface area contributed by atoms with Crippen molar-refractivity contribution in [3.05, 3.63) is 21.4 Å². The van der Waals surface area contributed by atoms with Crippen LogP contribution in [0.1, 0.15) is 59.6 Å². The van der Waals surface area contributed by atoms with Crippen LogP contribution in [0.15, 0.2) is 6.07 Å². The first-order valence-electron chi connectivity index (χ1n) is 7.72. The number of hydrogen-bond donors (Lipinski definition) is 2. The molecule has 0 saturated heterocycles. The average molecular weight is 295 g/mol. The fourth-order valence-electron chi connectivity index (χ4n) is 3.00. The molecule has 112 valence electrons. The molecule has 1 aliphatic rings. The maximum Gasteiger partial charge on any atom is 0.261 e. The number of aryl methyl sites for hydroxylation is 2. The second-order valence-corrected chi connectivity index (χ2v) is 6.75. The zero-order valence-corrected chi connectivity index (χ0v) is 13.3. The summed E-state index contributed by atoms with van der Waals surface area (Å²) < 4.78 is 0. The number of rotatable bonds is 6. The Bertz CT molecular complexity index is 455. The topological polar surface area (TPSA) is 49.3 Å². The van der Waals surface area contributed by atoms with Gasteiger partial charge in [0.15, 0.2) is 0 Å². The molecule has 0 bridgehead atoms. The third kappa shape index (κ3) is 3.41. The van der Waals surface area contributed by atoms with E-state index in [1.54, 1.807) is 11.3 Å². The van der Waals surface area contributed by atoms with Crippen LogP contribution >= 0.6 is 11.3 Å². The number of carbonyl (C=O) groups excluding carboxylic acids is 1. The third-order valence-corrected chi connectivity index (χ3v) is 5.42. The van der Waals surface area contributed by atoms with E-state index < -0.39 is 0 Å². The minimum absolute atomic E-state index is 0.0393. The zero-order valence-electron chi connectivity index (χ0n) is 12.4. The van der Waals surface area contributed by atoms with Gasteiger partial charge in [0, 0.05) is 23.4 Å². The molecule has 1 fully saturated rings. The van der Waals surface area contributed by atoms with Gasteiger partial charge in [0.05, 0.1) is 4.88 Å². The molecule has 2 atom stereocenters. The molecule has 2 rings (SSSR count). The van der Waals surface area contributed by atoms with E-state index in [4.69, 9.17) is 0 Å². The zero-order chi connectivity index (χ0) is 14.5. The number of hydrogen-bond acceptors (Lipinski definition) is 3. The molecule has 2 unspecified atom stereocenters. The molecule has 20 heavy (non-hydrogen) atoms. The van der Waals surface area contributed by atoms with Crippen LogP contribution in [0.2, 0.25) is 0 Å². The fraction of sp³-hybridized carbons (Fsp3) is 0.688. The highest BCUT2D eigenvalue weighted by atomic mass is 32.1. The second-order valence-electron chi connectivity index (χ2n) is 5.62. The number of carbonyl (C=O) groups is 1. The standard InChI is InChI=1S/C16H25NO2S/c1-3-6-14-11(4-2)9-15(20-14)16(19)17-13-8-5-7-12(13)10-18/h9,12-13,18H,3-8,10H2,1-2H3,(H,17,19). The van der Waals surface area contributed by atoms with Crippen LogP contribution < -0.4 is 5.32 Å². The van der Waals surface area contributed by atoms with Gasteiger partial charge in [-0.3, -0.25) is 4.79 Å². The van der Waals surface area contributed by atoms with Crippen molar-refractivity contribution in [2.45, 2.75) is 58.4 Å². The van der Waals surface area contributed by atoms with E-state index in [-0.39, 0.29) is 24.5 Å². The van der Waals surface area contributed by atoms with Crippen molar-refractivity contribution in [2.75, 3.05) is 6.61 Å². The molecule has 4 heteroatoms. The quantitative estimate of drug-likeness (QED) is 0.847. The smallest absolute Gasteiger partial charge is 0.261 e. The first-order valence-corrected chi connectivity index (χ1v) is 8.54. The minimum atomic E-state index is 0.0393. The first kappa shape index (κ1) is 15.5. The lowest BCUT2D eigenvalue weighted by Crippen LogP contribution is -2.38. The summed E-state index contributed by atoms with van der Waals surface area (Å²) in [5, 5.41) is 12.4. The highest BCUT2D eigenvalue weighted by Gasteiger charge is 2.28. The van der Waals surface area contributed by atoms with Gasteiger partial charge in [-0.2, -0.15) is 0 Å². The van der Waals surface area contributed by atoms with Crippen LogP contribution in [0, 0.1) is 5.92 Å². The van der Waals surface area contributed by atoms with Gasteiger partial charge in [0.1, 0.15) is 0 Å². The van der Waals surface area contributed by atoms with E-state index in [9.17, 15) is 9.90 Å². The summed E-state index contributed by atoms with van der Waals surface area (Å²) in [5.41, 5.74) is 1.31. The van der Waals surface area contributed by atoms with Gasteiger partial charge in [0.2, 0.25) is 0 Å². The normalized spacial score (nSPS) is 22.1. The molecule has 0 radical (unpaired) electrons. The number of aliphatic hydroxyl groups is 1. The maximum atomic E-state index is 12.4. The third-order valence-electron chi connectivity index (χ3n) is 4.19. The Morgan fingerprint density at radius 3 is 2.90 bits per heavy atom. The number of nitrogens with one attached hydrogen (secondary N) is 1. The van der Waals surface area contributed by atoms with Crippen LogP contribution in [-0.4, -0.2) is 23.7 Å². The van der Waals surface area contributed by atoms with Crippen molar-refractivity contribution in [1.29, 1.82) is 0 Å². The Labute approximate surface area is 125 Å². The van der Waals surface area contributed by atoms with Crippen LogP contribution in [0.4, 0.5) is 0 Å². The van der Waals surface area contributed by atoms with Crippen molar-refractivity contribution in [1.82, 2.24) is 5.32 Å². The second kappa shape index (κ2) is 7.23. The van der Waals surface area contributed by atoms with Crippen molar-refractivity contribution in [3.8, 4) is 0 Å². The summed E-state index contributed by atoms with van der Waals surface area (Å²) >= 11 is 1.63. The Morgan fingerprint density at radius 1 is 1.45 bits per heavy atom. The molecule has 2 N–H and O–H groups in total. The number of aliphatic hydroxyl groups excluding tert-OH is 1. The van der Waals surface area contributed by atoms with E-state index in [1.165, 1.54) is 10.4 Å². The molecule has 1 amide bonds. The molecular formula is C16H25NO2S. The van der Waals surface area contributed by atoms with Gasteiger partial charge in [-0.05, 0) is 37.3 Å². The van der Waals surface area contributed by atoms with E-state index in [0.717, 1.165) is 43.4 Å². The minimum Gasteiger partial charge on any atom is -0.396 e. The molecule has 1 heterocycles. The van der Waals surface area contributed by atoms with Gasteiger partial charge in [-0.1, -0.05) is 26.7 Å². The monoisotopic (exact) mass is 295 g/mol. The van der Waals surface area contributed by atoms with Gasteiger partial charge in [0.25, 0.3) is 5.91 Å². The van der Waals surface area contributed by atoms with Crippen molar-refractivity contribution in [3.63, 3.8) is 0 Å². The van der Waals surface area contributed by atoms with Crippen LogP contribution in [0.5, 0.6) is 0 Å². The van der Waals surface area contributed by atoms with Crippen molar-refractivity contribution in [2.24, 2.45) is 5.92 Å². The lowest BCUT2D eigenvalue weighted by molar-refractivity contribution is 0.0920. The van der Waals surface area contributed by atoms with Crippen LogP contribution in [0.3, 0.4) is 0 Å². The first-order chi connectivity index (χ1) is 9.69. The highest BCUT2D eigenvalue weighted by molar-refractivity contribution is 7.14. The van der Waals surface area contributed by atoms with Crippen LogP contribution in [-0.2, 0) is 12.8 Å². The van der Waals surface area contributed by atoms with E-state index >= 15 is 0 Å². The van der Waals surface area contributed by atoms with Crippen molar-refractivity contribution >= 4 is 17.2 Å². The lowest BCUT2D eigenvalue weighted by atomic mass is 10.1. The molecule has 0 aromatic carbocycles. The van der Waals surface area contributed by atoms with E-state index in [2.05, 4.69) is 19.2 Å². The Hall–Kier alpha value is -0.870. The summed E-state index contributed by atoms with van der Waals surface area (Å²) in [6.45, 7) is 4.49. The maximum absolute atomic E-state index is 12.4. The Morgan fingerprint density at radius 2 is 2.25 bits per heavy atom. The summed E-state index contributed by atoms with van der Waals surface area (Å²) in [6, 6.07) is 2.20. The Balaban J connectivity index is 2.05. The molecule has 1 aliphatic carbocycles. The van der Waals surface area contributed by atoms with Gasteiger partial charge < -0.3 is 10.4 Å². The number of thiophene rings is 1. The molecule has 1 aromatic heterocycles. The summed E-state index contributed by atoms with van der Waals surface area (Å²) in [5.74, 6) is 0.275. The summed E-state index contributed by atoms with van der Waals surface area (Å²) in [4.78, 5) is 14.5. The highest BCUT2D eigenvalue weighted by Crippen LogP contribution is 2.28. The Kier molecular flexibility index (Phi) is 5.61. The SMILES string of the molecule is CCCc1sc(C(=O)NC2CCCC2CO)cc1CC. The predicted octanol–water partition coefficient (Wildman–Crippen LogP) is 3.15. The molecular weight excluding hydrogens is 270 g/mol. The lowest BCUT2D eigenvalue weighted by Gasteiger charge is -2.18. The van der Waals surface area contributed by atoms with Gasteiger partial charge in [-0.25, -0.2) is 0 Å². The van der Waals surface area contributed by atoms with E-state index in [1.807, 2.05) is 6.07 Å². The molecule has 1 saturated carbocycles. The summed E-state index contributed by atoms with van der Waals surface area (Å²) in [6.07, 6.45) is 6.27. The van der Waals surface area contributed by atoms with Gasteiger partial charge in [-0.15, -0.1) is 11.3 Å². The largest absolute Gasteiger partial charge is 0.396 e. The van der Waals surface area contributed by atoms with E-state index in [0.29, 0.717) is 0 Å². The summed E-state index contributed by atoms with van der Waals surface area (Å²) in [7, 11) is 0. The molecule has 3 nitrogen and oxygen atoms in total. The van der Waals surface area contributed by atoms with Crippen molar-refractivity contribution < 1.29 is 9.90 Å². The van der Waals surface area contributed by atoms with Gasteiger partial charge >= 0.3 is 0 Å². The molecule has 0 aliphatic heterocycles. The average Bonchev–Trinajstić information content (AvgIpc) is 3.05. The van der Waals surface area contributed by atoms with Crippen LogP contribution in [0.25, 0.3) is 0 Å².